The number of benzene rings is 2. The third kappa shape index (κ3) is 3.61. The number of rotatable bonds is 5. The van der Waals surface area contributed by atoms with Crippen molar-refractivity contribution in [3.63, 3.8) is 0 Å². The number of aromatic hydroxyl groups is 1. The van der Waals surface area contributed by atoms with Crippen LogP contribution in [0.1, 0.15) is 17.4 Å². The number of nitrogens with zero attached hydrogens (tertiary/aromatic N) is 2. The zero-order valence-electron chi connectivity index (χ0n) is 15.1. The molecule has 0 unspecified atom stereocenters. The van der Waals surface area contributed by atoms with E-state index in [0.717, 1.165) is 33.9 Å². The lowest BCUT2D eigenvalue weighted by Gasteiger charge is -2.07. The van der Waals surface area contributed by atoms with Crippen LogP contribution in [0.2, 0.25) is 5.02 Å². The third-order valence-electron chi connectivity index (χ3n) is 4.44. The molecule has 5 nitrogen and oxygen atoms in total. The predicted octanol–water partition coefficient (Wildman–Crippen LogP) is 4.99. The van der Waals surface area contributed by atoms with Crippen molar-refractivity contribution in [2.24, 2.45) is 4.99 Å². The van der Waals surface area contributed by atoms with Gasteiger partial charge < -0.3 is 9.84 Å². The molecule has 1 aliphatic rings. The summed E-state index contributed by atoms with van der Waals surface area (Å²) in [5, 5.41) is 11.2. The predicted molar refractivity (Wildman–Crippen MR) is 114 cm³/mol. The van der Waals surface area contributed by atoms with Gasteiger partial charge in [-0.15, -0.1) is 0 Å². The molecular formula is C21H17ClN2O3S. The fourth-order valence-corrected chi connectivity index (χ4v) is 4.02. The number of thiazole rings is 1. The molecule has 0 spiro atoms. The molecule has 28 heavy (non-hydrogen) atoms. The van der Waals surface area contributed by atoms with Crippen molar-refractivity contribution >= 4 is 46.0 Å². The van der Waals surface area contributed by atoms with Gasteiger partial charge in [-0.1, -0.05) is 41.1 Å². The molecular weight excluding hydrogens is 396 g/mol. The normalized spacial score (nSPS) is 14.2. The minimum atomic E-state index is -0.232. The van der Waals surface area contributed by atoms with Crippen LogP contribution in [0, 0.1) is 0 Å². The summed E-state index contributed by atoms with van der Waals surface area (Å²) in [6.45, 7) is 2.42. The summed E-state index contributed by atoms with van der Waals surface area (Å²) in [7, 11) is 0. The zero-order chi connectivity index (χ0) is 19.7. The van der Waals surface area contributed by atoms with Crippen molar-refractivity contribution in [2.45, 2.75) is 13.5 Å². The second-order valence-corrected chi connectivity index (χ2v) is 7.71. The highest BCUT2D eigenvalue weighted by Crippen LogP contribution is 2.37. The number of allylic oxidation sites excluding steroid dienone is 1. The van der Waals surface area contributed by atoms with Gasteiger partial charge in [0.1, 0.15) is 12.4 Å². The molecule has 2 heterocycles. The largest absolute Gasteiger partial charge is 0.493 e. The number of hydrogen-bond donors (Lipinski definition) is 1. The first kappa shape index (κ1) is 18.5. The first-order chi connectivity index (χ1) is 13.5. The Bertz CT molecular complexity index is 1140. The maximum atomic E-state index is 12.3. The fourth-order valence-electron chi connectivity index (χ4n) is 3.04. The summed E-state index contributed by atoms with van der Waals surface area (Å²) >= 11 is 6.86. The van der Waals surface area contributed by atoms with Crippen LogP contribution in [0.5, 0.6) is 11.6 Å². The van der Waals surface area contributed by atoms with Crippen molar-refractivity contribution in [3.05, 3.63) is 73.7 Å². The summed E-state index contributed by atoms with van der Waals surface area (Å²) in [4.78, 5) is 17.2. The maximum Gasteiger partial charge on any atom is 0.310 e. The molecule has 0 amide bonds. The summed E-state index contributed by atoms with van der Waals surface area (Å²) in [6.07, 6.45) is 1.82. The second kappa shape index (κ2) is 7.66. The van der Waals surface area contributed by atoms with E-state index in [1.165, 1.54) is 4.57 Å². The minimum Gasteiger partial charge on any atom is -0.493 e. The fraction of sp³-hybridized carbons (Fsp3) is 0.143. The maximum absolute atomic E-state index is 12.3. The van der Waals surface area contributed by atoms with Gasteiger partial charge >= 0.3 is 4.87 Å². The van der Waals surface area contributed by atoms with Gasteiger partial charge in [0.2, 0.25) is 5.88 Å². The lowest BCUT2D eigenvalue weighted by molar-refractivity contribution is 0.286. The van der Waals surface area contributed by atoms with Crippen molar-refractivity contribution in [1.29, 1.82) is 0 Å². The number of halogens is 1. The first-order valence-electron chi connectivity index (χ1n) is 8.70. The van der Waals surface area contributed by atoms with Crippen LogP contribution in [-0.2, 0) is 6.54 Å². The Morgan fingerprint density at radius 1 is 1.21 bits per heavy atom. The molecule has 1 aliphatic heterocycles. The molecule has 1 aromatic heterocycles. The quantitative estimate of drug-likeness (QED) is 0.641. The summed E-state index contributed by atoms with van der Waals surface area (Å²) in [5.41, 5.74) is 3.67. The first-order valence-corrected chi connectivity index (χ1v) is 9.90. The van der Waals surface area contributed by atoms with Crippen LogP contribution in [0.4, 0.5) is 5.69 Å². The number of aliphatic imine (C=N–C) groups is 1. The zero-order valence-corrected chi connectivity index (χ0v) is 16.6. The van der Waals surface area contributed by atoms with E-state index in [-0.39, 0.29) is 23.9 Å². The number of para-hydroxylation sites is 1. The van der Waals surface area contributed by atoms with E-state index in [1.54, 1.807) is 24.3 Å². The minimum absolute atomic E-state index is 0.0561. The Labute approximate surface area is 170 Å². The number of hydrogen-bond acceptors (Lipinski definition) is 5. The van der Waals surface area contributed by atoms with Gasteiger partial charge in [-0.25, -0.2) is 0 Å². The Kier molecular flexibility index (Phi) is 5.07. The molecule has 0 atom stereocenters. The van der Waals surface area contributed by atoms with Gasteiger partial charge in [0, 0.05) is 21.9 Å². The van der Waals surface area contributed by atoms with Crippen molar-refractivity contribution in [3.8, 4) is 11.6 Å². The standard InChI is InChI=1S/C21H17ClN2O3S/c1-13-17(16-4-2-3-5-18(16)23-13)12-19-20(25)24(21(26)28-19)10-11-27-15-8-6-14(22)7-9-15/h2-9,12,25H,10-11H2,1H3/b17-12-. The summed E-state index contributed by atoms with van der Waals surface area (Å²) in [6, 6.07) is 14.8. The lowest BCUT2D eigenvalue weighted by Crippen LogP contribution is -2.17. The van der Waals surface area contributed by atoms with E-state index in [4.69, 9.17) is 16.3 Å². The van der Waals surface area contributed by atoms with Crippen LogP contribution < -0.4 is 9.61 Å². The monoisotopic (exact) mass is 412 g/mol. The lowest BCUT2D eigenvalue weighted by atomic mass is 10.0. The van der Waals surface area contributed by atoms with Crippen molar-refractivity contribution in [1.82, 2.24) is 4.57 Å². The van der Waals surface area contributed by atoms with Gasteiger partial charge in [-0.3, -0.25) is 14.4 Å². The SMILES string of the molecule is CC1=Nc2ccccc2/C1=C\c1sc(=O)n(CCOc2ccc(Cl)cc2)c1O. The molecule has 142 valence electrons. The van der Waals surface area contributed by atoms with E-state index in [0.29, 0.717) is 15.6 Å². The van der Waals surface area contributed by atoms with Crippen LogP contribution in [0.15, 0.2) is 58.3 Å². The topological polar surface area (TPSA) is 63.8 Å². The van der Waals surface area contributed by atoms with Crippen LogP contribution in [-0.4, -0.2) is 22.0 Å². The molecule has 0 radical (unpaired) electrons. The molecule has 7 heteroatoms. The average Bonchev–Trinajstić information content (AvgIpc) is 3.14. The average molecular weight is 413 g/mol. The van der Waals surface area contributed by atoms with Crippen molar-refractivity contribution < 1.29 is 9.84 Å². The van der Waals surface area contributed by atoms with Crippen LogP contribution in [0.25, 0.3) is 11.6 Å². The van der Waals surface area contributed by atoms with E-state index in [9.17, 15) is 9.90 Å². The highest BCUT2D eigenvalue weighted by atomic mass is 35.5. The van der Waals surface area contributed by atoms with E-state index in [1.807, 2.05) is 37.3 Å². The molecule has 4 rings (SSSR count). The number of fused-ring (bicyclic) bond motifs is 1. The van der Waals surface area contributed by atoms with Gasteiger partial charge in [0.05, 0.1) is 17.1 Å². The molecule has 0 saturated carbocycles. The summed E-state index contributed by atoms with van der Waals surface area (Å²) in [5.74, 6) is 0.600. The Morgan fingerprint density at radius 2 is 1.96 bits per heavy atom. The smallest absolute Gasteiger partial charge is 0.310 e. The highest BCUT2D eigenvalue weighted by Gasteiger charge is 2.19. The molecule has 2 aromatic carbocycles. The van der Waals surface area contributed by atoms with E-state index < -0.39 is 0 Å². The molecule has 0 bridgehead atoms. The van der Waals surface area contributed by atoms with Crippen LogP contribution >= 0.6 is 22.9 Å². The Hall–Kier alpha value is -2.83. The molecule has 0 fully saturated rings. The molecule has 3 aromatic rings. The molecule has 1 N–H and O–H groups in total. The number of ether oxygens (including phenoxy) is 1. The Morgan fingerprint density at radius 3 is 2.75 bits per heavy atom. The highest BCUT2D eigenvalue weighted by molar-refractivity contribution is 7.10. The third-order valence-corrected chi connectivity index (χ3v) is 5.61. The molecule has 0 aliphatic carbocycles. The van der Waals surface area contributed by atoms with E-state index >= 15 is 0 Å². The van der Waals surface area contributed by atoms with Crippen molar-refractivity contribution in [2.75, 3.05) is 6.61 Å². The Balaban J connectivity index is 1.54. The second-order valence-electron chi connectivity index (χ2n) is 6.28. The van der Waals surface area contributed by atoms with E-state index in [2.05, 4.69) is 4.99 Å². The van der Waals surface area contributed by atoms with Gasteiger partial charge in [-0.2, -0.15) is 0 Å². The summed E-state index contributed by atoms with van der Waals surface area (Å²) < 4.78 is 6.94. The van der Waals surface area contributed by atoms with Gasteiger partial charge in [0.25, 0.3) is 0 Å². The van der Waals surface area contributed by atoms with Gasteiger partial charge in [-0.05, 0) is 43.3 Å². The number of aromatic nitrogens is 1. The van der Waals surface area contributed by atoms with Crippen LogP contribution in [0.3, 0.4) is 0 Å². The molecule has 0 saturated heterocycles. The van der Waals surface area contributed by atoms with Gasteiger partial charge in [0.15, 0.2) is 0 Å².